The zero-order valence-corrected chi connectivity index (χ0v) is 10.9. The number of nitrogens with zero attached hydrogens (tertiary/aromatic N) is 1. The van der Waals surface area contributed by atoms with Gasteiger partial charge in [0.1, 0.15) is 0 Å². The number of amides is 1. The van der Waals surface area contributed by atoms with E-state index < -0.39 is 5.41 Å². The van der Waals surface area contributed by atoms with Crippen molar-refractivity contribution in [1.29, 1.82) is 0 Å². The fourth-order valence-electron chi connectivity index (χ4n) is 2.81. The number of nitrogens with two attached hydrogens (primary N) is 1. The monoisotopic (exact) mass is 240 g/mol. The van der Waals surface area contributed by atoms with Crippen molar-refractivity contribution >= 4 is 5.91 Å². The fourth-order valence-corrected chi connectivity index (χ4v) is 2.81. The summed E-state index contributed by atoms with van der Waals surface area (Å²) >= 11 is 0. The molecule has 0 aliphatic carbocycles. The molecule has 2 aliphatic rings. The van der Waals surface area contributed by atoms with Crippen molar-refractivity contribution in [1.82, 2.24) is 4.90 Å². The zero-order valence-electron chi connectivity index (χ0n) is 10.9. The maximum atomic E-state index is 12.7. The van der Waals surface area contributed by atoms with Gasteiger partial charge >= 0.3 is 0 Å². The van der Waals surface area contributed by atoms with E-state index in [1.807, 2.05) is 11.8 Å². The van der Waals surface area contributed by atoms with Crippen LogP contribution in [0.5, 0.6) is 0 Å². The van der Waals surface area contributed by atoms with E-state index in [-0.39, 0.29) is 11.9 Å². The van der Waals surface area contributed by atoms with Gasteiger partial charge in [-0.15, -0.1) is 0 Å². The molecule has 2 aliphatic heterocycles. The standard InChI is InChI=1S/C13H24N2O2/c1-10-6-4-3-5-7-15(10)12(16)13(2)9-17-8-11(13)14/h10-11H,3-9,14H2,1-2H3. The molecule has 0 aromatic carbocycles. The quantitative estimate of drug-likeness (QED) is 0.748. The second-order valence-corrected chi connectivity index (χ2v) is 5.74. The van der Waals surface area contributed by atoms with Crippen LogP contribution in [0.15, 0.2) is 0 Å². The minimum atomic E-state index is -0.515. The Balaban J connectivity index is 2.12. The summed E-state index contributed by atoms with van der Waals surface area (Å²) in [6, 6.07) is 0.181. The maximum absolute atomic E-state index is 12.7. The zero-order chi connectivity index (χ0) is 12.5. The first-order chi connectivity index (χ1) is 8.05. The van der Waals surface area contributed by atoms with Crippen molar-refractivity contribution in [2.24, 2.45) is 11.1 Å². The van der Waals surface area contributed by atoms with Crippen molar-refractivity contribution in [2.45, 2.75) is 51.6 Å². The van der Waals surface area contributed by atoms with Gasteiger partial charge in [-0.05, 0) is 26.7 Å². The molecule has 2 N–H and O–H groups in total. The van der Waals surface area contributed by atoms with Gasteiger partial charge in [0.2, 0.25) is 5.91 Å². The molecule has 0 spiro atoms. The van der Waals surface area contributed by atoms with Crippen LogP contribution in [0.25, 0.3) is 0 Å². The second kappa shape index (κ2) is 4.94. The highest BCUT2D eigenvalue weighted by Crippen LogP contribution is 2.31. The third-order valence-electron chi connectivity index (χ3n) is 4.32. The molecule has 3 unspecified atom stereocenters. The Morgan fingerprint density at radius 3 is 2.82 bits per heavy atom. The molecule has 2 rings (SSSR count). The van der Waals surface area contributed by atoms with Gasteiger partial charge in [-0.2, -0.15) is 0 Å². The summed E-state index contributed by atoms with van der Waals surface area (Å²) in [4.78, 5) is 14.7. The summed E-state index contributed by atoms with van der Waals surface area (Å²) in [7, 11) is 0. The molecule has 2 heterocycles. The molecule has 2 fully saturated rings. The first-order valence-electron chi connectivity index (χ1n) is 6.70. The Bertz CT molecular complexity index is 295. The first kappa shape index (κ1) is 12.8. The van der Waals surface area contributed by atoms with Crippen LogP contribution in [0.1, 0.15) is 39.5 Å². The van der Waals surface area contributed by atoms with E-state index in [0.29, 0.717) is 19.3 Å². The van der Waals surface area contributed by atoms with Crippen LogP contribution in [0.3, 0.4) is 0 Å². The van der Waals surface area contributed by atoms with Crippen LogP contribution in [-0.4, -0.2) is 42.6 Å². The number of hydrogen-bond donors (Lipinski definition) is 1. The van der Waals surface area contributed by atoms with Gasteiger partial charge in [0.05, 0.1) is 18.6 Å². The molecule has 0 radical (unpaired) electrons. The molecule has 4 heteroatoms. The highest BCUT2D eigenvalue weighted by Gasteiger charge is 2.47. The third kappa shape index (κ3) is 2.33. The molecule has 3 atom stereocenters. The van der Waals surface area contributed by atoms with Crippen LogP contribution in [0.2, 0.25) is 0 Å². The smallest absolute Gasteiger partial charge is 0.232 e. The van der Waals surface area contributed by atoms with Crippen molar-refractivity contribution in [2.75, 3.05) is 19.8 Å². The number of rotatable bonds is 1. The Morgan fingerprint density at radius 1 is 1.41 bits per heavy atom. The van der Waals surface area contributed by atoms with E-state index in [2.05, 4.69) is 6.92 Å². The summed E-state index contributed by atoms with van der Waals surface area (Å²) < 4.78 is 5.38. The number of carbonyl (C=O) groups excluding carboxylic acids is 1. The van der Waals surface area contributed by atoms with Gasteiger partial charge < -0.3 is 15.4 Å². The van der Waals surface area contributed by atoms with Gasteiger partial charge in [0.15, 0.2) is 0 Å². The topological polar surface area (TPSA) is 55.6 Å². The van der Waals surface area contributed by atoms with Gasteiger partial charge in [-0.25, -0.2) is 0 Å². The van der Waals surface area contributed by atoms with E-state index >= 15 is 0 Å². The second-order valence-electron chi connectivity index (χ2n) is 5.74. The molecule has 0 saturated carbocycles. The highest BCUT2D eigenvalue weighted by atomic mass is 16.5. The predicted octanol–water partition coefficient (Wildman–Crippen LogP) is 1.14. The molecule has 0 aromatic heterocycles. The number of carbonyl (C=O) groups is 1. The molecule has 0 aromatic rings. The van der Waals surface area contributed by atoms with Crippen LogP contribution in [0, 0.1) is 5.41 Å². The third-order valence-corrected chi connectivity index (χ3v) is 4.32. The number of likely N-dealkylation sites (tertiary alicyclic amines) is 1. The Labute approximate surface area is 103 Å². The van der Waals surface area contributed by atoms with Gasteiger partial charge in [-0.3, -0.25) is 4.79 Å². The summed E-state index contributed by atoms with van der Waals surface area (Å²) in [5.74, 6) is 0.192. The Kier molecular flexibility index (Phi) is 3.73. The van der Waals surface area contributed by atoms with E-state index in [4.69, 9.17) is 10.5 Å². The average molecular weight is 240 g/mol. The van der Waals surface area contributed by atoms with E-state index in [9.17, 15) is 4.79 Å². The van der Waals surface area contributed by atoms with E-state index in [0.717, 1.165) is 19.4 Å². The summed E-state index contributed by atoms with van der Waals surface area (Å²) in [5.41, 5.74) is 5.52. The van der Waals surface area contributed by atoms with Gasteiger partial charge in [0.25, 0.3) is 0 Å². The molecular formula is C13H24N2O2. The van der Waals surface area contributed by atoms with Gasteiger partial charge in [0, 0.05) is 18.6 Å². The highest BCUT2D eigenvalue weighted by molar-refractivity contribution is 5.84. The summed E-state index contributed by atoms with van der Waals surface area (Å²) in [5, 5.41) is 0. The molecule has 0 bridgehead atoms. The SMILES string of the molecule is CC1CCCCCN1C(=O)C1(C)COCC1N. The van der Waals surface area contributed by atoms with Crippen molar-refractivity contribution < 1.29 is 9.53 Å². The van der Waals surface area contributed by atoms with E-state index in [1.54, 1.807) is 0 Å². The Hall–Kier alpha value is -0.610. The lowest BCUT2D eigenvalue weighted by molar-refractivity contribution is -0.143. The number of ether oxygens (including phenoxy) is 1. The molecule has 2 saturated heterocycles. The van der Waals surface area contributed by atoms with Gasteiger partial charge in [-0.1, -0.05) is 12.8 Å². The van der Waals surface area contributed by atoms with Crippen LogP contribution >= 0.6 is 0 Å². The minimum Gasteiger partial charge on any atom is -0.379 e. The lowest BCUT2D eigenvalue weighted by Crippen LogP contribution is -2.53. The van der Waals surface area contributed by atoms with Crippen LogP contribution in [-0.2, 0) is 9.53 Å². The largest absolute Gasteiger partial charge is 0.379 e. The summed E-state index contributed by atoms with van der Waals surface area (Å²) in [6.07, 6.45) is 4.68. The van der Waals surface area contributed by atoms with Crippen LogP contribution < -0.4 is 5.73 Å². The average Bonchev–Trinajstić information content (AvgIpc) is 2.52. The van der Waals surface area contributed by atoms with E-state index in [1.165, 1.54) is 12.8 Å². The van der Waals surface area contributed by atoms with Crippen molar-refractivity contribution in [3.8, 4) is 0 Å². The van der Waals surface area contributed by atoms with Crippen LogP contribution in [0.4, 0.5) is 0 Å². The predicted molar refractivity (Wildman–Crippen MR) is 66.5 cm³/mol. The van der Waals surface area contributed by atoms with Crippen molar-refractivity contribution in [3.05, 3.63) is 0 Å². The molecule has 1 amide bonds. The fraction of sp³-hybridized carbons (Fsp3) is 0.923. The summed E-state index contributed by atoms with van der Waals surface area (Å²) in [6.45, 7) is 5.95. The first-order valence-corrected chi connectivity index (χ1v) is 6.70. The molecule has 98 valence electrons. The molecular weight excluding hydrogens is 216 g/mol. The molecule has 17 heavy (non-hydrogen) atoms. The molecule has 4 nitrogen and oxygen atoms in total. The maximum Gasteiger partial charge on any atom is 0.232 e. The Morgan fingerprint density at radius 2 is 2.18 bits per heavy atom. The normalized spacial score (nSPS) is 39.1. The van der Waals surface area contributed by atoms with Crippen molar-refractivity contribution in [3.63, 3.8) is 0 Å². The minimum absolute atomic E-state index is 0.162. The number of hydrogen-bond acceptors (Lipinski definition) is 3. The lowest BCUT2D eigenvalue weighted by Gasteiger charge is -2.36. The lowest BCUT2D eigenvalue weighted by atomic mass is 9.83.